The molecule has 0 bridgehead atoms. The summed E-state index contributed by atoms with van der Waals surface area (Å²) in [4.78, 5) is 42.3. The van der Waals surface area contributed by atoms with Gasteiger partial charge in [0.2, 0.25) is 5.95 Å². The molecule has 0 atom stereocenters. The lowest BCUT2D eigenvalue weighted by Gasteiger charge is -2.09. The fourth-order valence-corrected chi connectivity index (χ4v) is 2.49. The first-order chi connectivity index (χ1) is 12.0. The van der Waals surface area contributed by atoms with E-state index in [0.717, 1.165) is 5.56 Å². The number of ether oxygens (including phenoxy) is 1. The number of benzene rings is 1. The Morgan fingerprint density at radius 3 is 2.68 bits per heavy atom. The third kappa shape index (κ3) is 3.16. The molecular weight excluding hydrogens is 326 g/mol. The number of esters is 1. The fourth-order valence-electron chi connectivity index (χ4n) is 2.49. The van der Waals surface area contributed by atoms with Gasteiger partial charge < -0.3 is 10.1 Å². The van der Waals surface area contributed by atoms with Gasteiger partial charge in [-0.3, -0.25) is 23.7 Å². The van der Waals surface area contributed by atoms with Crippen molar-refractivity contribution in [3.8, 4) is 0 Å². The third-order valence-corrected chi connectivity index (χ3v) is 3.82. The van der Waals surface area contributed by atoms with Crippen LogP contribution >= 0.6 is 0 Å². The van der Waals surface area contributed by atoms with Crippen LogP contribution < -0.4 is 16.6 Å². The number of nitrogens with zero attached hydrogens (tertiary/aromatic N) is 3. The molecular formula is C16H17N5O4. The maximum Gasteiger partial charge on any atom is 0.329 e. The molecule has 0 aliphatic carbocycles. The van der Waals surface area contributed by atoms with E-state index in [-0.39, 0.29) is 17.7 Å². The predicted octanol–water partition coefficient (Wildman–Crippen LogP) is 0.208. The number of rotatable bonds is 5. The highest BCUT2D eigenvalue weighted by atomic mass is 16.5. The number of anilines is 1. The molecule has 3 rings (SSSR count). The summed E-state index contributed by atoms with van der Waals surface area (Å²) in [5.74, 6) is -0.230. The van der Waals surface area contributed by atoms with Crippen LogP contribution in [0.15, 0.2) is 39.9 Å². The first-order valence-corrected chi connectivity index (χ1v) is 7.55. The standard InChI is InChI=1S/C16H17N5O4/c1-20-13-12(14(23)19-16(20)24)21(9-11(22)25-2)15(18-13)17-8-10-6-4-3-5-7-10/h3-7H,8-9H2,1-2H3,(H,17,18)(H,19,23,24). The van der Waals surface area contributed by atoms with E-state index in [1.165, 1.54) is 23.3 Å². The molecule has 0 fully saturated rings. The highest BCUT2D eigenvalue weighted by Crippen LogP contribution is 2.16. The van der Waals surface area contributed by atoms with Crippen LogP contribution in [0.2, 0.25) is 0 Å². The lowest BCUT2D eigenvalue weighted by atomic mass is 10.2. The normalized spacial score (nSPS) is 10.8. The maximum absolute atomic E-state index is 12.2. The Balaban J connectivity index is 2.09. The van der Waals surface area contributed by atoms with Crippen molar-refractivity contribution in [3.63, 3.8) is 0 Å². The number of hydrogen-bond donors (Lipinski definition) is 2. The van der Waals surface area contributed by atoms with E-state index in [0.29, 0.717) is 12.5 Å². The number of H-pyrrole nitrogens is 1. The SMILES string of the molecule is COC(=O)Cn1c(NCc2ccccc2)nc2c1c(=O)[nH]c(=O)n2C. The number of aryl methyl sites for hydroxylation is 1. The van der Waals surface area contributed by atoms with Gasteiger partial charge in [-0.15, -0.1) is 0 Å². The molecule has 0 spiro atoms. The van der Waals surface area contributed by atoms with Gasteiger partial charge in [0.15, 0.2) is 11.2 Å². The zero-order valence-corrected chi connectivity index (χ0v) is 13.8. The van der Waals surface area contributed by atoms with Gasteiger partial charge in [-0.2, -0.15) is 4.98 Å². The number of imidazole rings is 1. The summed E-state index contributed by atoms with van der Waals surface area (Å²) in [6, 6.07) is 9.59. The van der Waals surface area contributed by atoms with E-state index in [2.05, 4.69) is 20.0 Å². The molecule has 9 heteroatoms. The van der Waals surface area contributed by atoms with Crippen LogP contribution in [0.25, 0.3) is 11.2 Å². The number of carbonyl (C=O) groups excluding carboxylic acids is 1. The zero-order valence-electron chi connectivity index (χ0n) is 13.8. The Morgan fingerprint density at radius 1 is 1.28 bits per heavy atom. The van der Waals surface area contributed by atoms with Crippen molar-refractivity contribution in [3.05, 3.63) is 56.7 Å². The molecule has 2 aromatic heterocycles. The minimum absolute atomic E-state index is 0.128. The summed E-state index contributed by atoms with van der Waals surface area (Å²) in [6.07, 6.45) is 0. The van der Waals surface area contributed by atoms with Crippen molar-refractivity contribution >= 4 is 23.1 Å². The molecule has 25 heavy (non-hydrogen) atoms. The van der Waals surface area contributed by atoms with Gasteiger partial charge in [-0.1, -0.05) is 30.3 Å². The molecule has 0 amide bonds. The summed E-state index contributed by atoms with van der Waals surface area (Å²) >= 11 is 0. The van der Waals surface area contributed by atoms with E-state index in [1.807, 2.05) is 30.3 Å². The van der Waals surface area contributed by atoms with Crippen LogP contribution in [-0.4, -0.2) is 32.2 Å². The second kappa shape index (κ2) is 6.63. The number of methoxy groups -OCH3 is 1. The topological polar surface area (TPSA) is 111 Å². The molecule has 9 nitrogen and oxygen atoms in total. The summed E-state index contributed by atoms with van der Waals surface area (Å²) < 4.78 is 7.31. The van der Waals surface area contributed by atoms with E-state index in [1.54, 1.807) is 0 Å². The molecule has 2 N–H and O–H groups in total. The molecule has 0 aliphatic rings. The Labute approximate surface area is 141 Å². The molecule has 130 valence electrons. The molecule has 0 aliphatic heterocycles. The Morgan fingerprint density at radius 2 is 2.00 bits per heavy atom. The molecule has 0 saturated heterocycles. The third-order valence-electron chi connectivity index (χ3n) is 3.82. The van der Waals surface area contributed by atoms with E-state index in [9.17, 15) is 14.4 Å². The van der Waals surface area contributed by atoms with Gasteiger partial charge in [0.1, 0.15) is 6.54 Å². The average molecular weight is 343 g/mol. The summed E-state index contributed by atoms with van der Waals surface area (Å²) in [5, 5.41) is 3.10. The Hall–Kier alpha value is -3.36. The van der Waals surface area contributed by atoms with Crippen LogP contribution in [0, 0.1) is 0 Å². The van der Waals surface area contributed by atoms with E-state index < -0.39 is 17.2 Å². The van der Waals surface area contributed by atoms with Crippen molar-refractivity contribution in [2.45, 2.75) is 13.1 Å². The second-order valence-electron chi connectivity index (χ2n) is 5.43. The van der Waals surface area contributed by atoms with Crippen molar-refractivity contribution < 1.29 is 9.53 Å². The van der Waals surface area contributed by atoms with Crippen LogP contribution in [-0.2, 0) is 29.7 Å². The Bertz CT molecular complexity index is 1030. The summed E-state index contributed by atoms with van der Waals surface area (Å²) in [7, 11) is 2.76. The van der Waals surface area contributed by atoms with Gasteiger partial charge in [0.25, 0.3) is 5.56 Å². The molecule has 1 aromatic carbocycles. The molecule has 2 heterocycles. The van der Waals surface area contributed by atoms with Gasteiger partial charge in [0.05, 0.1) is 7.11 Å². The van der Waals surface area contributed by atoms with Gasteiger partial charge in [0, 0.05) is 13.6 Å². The number of hydrogen-bond acceptors (Lipinski definition) is 6. The lowest BCUT2D eigenvalue weighted by molar-refractivity contribution is -0.141. The first kappa shape index (κ1) is 16.5. The lowest BCUT2D eigenvalue weighted by Crippen LogP contribution is -2.29. The monoisotopic (exact) mass is 343 g/mol. The number of carbonyl (C=O) groups is 1. The van der Waals surface area contributed by atoms with Crippen LogP contribution in [0.5, 0.6) is 0 Å². The molecule has 0 unspecified atom stereocenters. The molecule has 3 aromatic rings. The minimum Gasteiger partial charge on any atom is -0.468 e. The maximum atomic E-state index is 12.2. The molecule has 0 saturated carbocycles. The van der Waals surface area contributed by atoms with Crippen molar-refractivity contribution in [2.24, 2.45) is 7.05 Å². The number of aromatic nitrogens is 4. The summed E-state index contributed by atoms with van der Waals surface area (Å²) in [6.45, 7) is 0.239. The second-order valence-corrected chi connectivity index (χ2v) is 5.43. The number of fused-ring (bicyclic) bond motifs is 1. The highest BCUT2D eigenvalue weighted by molar-refractivity contribution is 5.78. The van der Waals surface area contributed by atoms with Crippen molar-refractivity contribution in [1.82, 2.24) is 19.1 Å². The fraction of sp³-hybridized carbons (Fsp3) is 0.250. The van der Waals surface area contributed by atoms with Crippen molar-refractivity contribution in [1.29, 1.82) is 0 Å². The largest absolute Gasteiger partial charge is 0.468 e. The van der Waals surface area contributed by atoms with Gasteiger partial charge in [-0.05, 0) is 5.56 Å². The highest BCUT2D eigenvalue weighted by Gasteiger charge is 2.19. The minimum atomic E-state index is -0.609. The van der Waals surface area contributed by atoms with Crippen LogP contribution in [0.1, 0.15) is 5.56 Å². The predicted molar refractivity (Wildman–Crippen MR) is 91.4 cm³/mol. The van der Waals surface area contributed by atoms with Gasteiger partial charge in [-0.25, -0.2) is 4.79 Å². The zero-order chi connectivity index (χ0) is 18.0. The van der Waals surface area contributed by atoms with Crippen LogP contribution in [0.3, 0.4) is 0 Å². The number of nitrogens with one attached hydrogen (secondary N) is 2. The van der Waals surface area contributed by atoms with E-state index >= 15 is 0 Å². The van der Waals surface area contributed by atoms with Crippen LogP contribution in [0.4, 0.5) is 5.95 Å². The van der Waals surface area contributed by atoms with Gasteiger partial charge >= 0.3 is 11.7 Å². The Kier molecular flexibility index (Phi) is 4.38. The smallest absolute Gasteiger partial charge is 0.329 e. The van der Waals surface area contributed by atoms with E-state index in [4.69, 9.17) is 0 Å². The average Bonchev–Trinajstić information content (AvgIpc) is 2.97. The quantitative estimate of drug-likeness (QED) is 0.641. The van der Waals surface area contributed by atoms with Crippen molar-refractivity contribution in [2.75, 3.05) is 12.4 Å². The molecule has 0 radical (unpaired) electrons. The summed E-state index contributed by atoms with van der Waals surface area (Å²) in [5.41, 5.74) is 0.135. The number of aromatic amines is 1. The first-order valence-electron chi connectivity index (χ1n) is 7.55.